The number of nitrogens with one attached hydrogen (secondary N) is 1. The van der Waals surface area contributed by atoms with E-state index in [-0.39, 0.29) is 18.3 Å². The van der Waals surface area contributed by atoms with Gasteiger partial charge in [0, 0.05) is 30.1 Å². The molecule has 1 amide bonds. The zero-order chi connectivity index (χ0) is 17.3. The van der Waals surface area contributed by atoms with Crippen LogP contribution in [0.25, 0.3) is 11.0 Å². The Kier molecular flexibility index (Phi) is 6.53. The molecule has 3 rings (SSSR count). The molecule has 25 heavy (non-hydrogen) atoms. The molecule has 1 saturated heterocycles. The number of furan rings is 1. The number of nitrogens with zero attached hydrogens (tertiary/aromatic N) is 1. The highest BCUT2D eigenvalue weighted by molar-refractivity contribution is 5.88. The minimum Gasteiger partial charge on any atom is -0.464 e. The molecule has 1 N–H and O–H groups in total. The summed E-state index contributed by atoms with van der Waals surface area (Å²) in [7, 11) is 1.99. The number of amides is 1. The predicted molar refractivity (Wildman–Crippen MR) is 105 cm³/mol. The van der Waals surface area contributed by atoms with Gasteiger partial charge in [-0.25, -0.2) is 0 Å². The van der Waals surface area contributed by atoms with E-state index in [1.54, 1.807) is 6.26 Å². The highest BCUT2D eigenvalue weighted by Crippen LogP contribution is 2.29. The first-order valence-electron chi connectivity index (χ1n) is 8.95. The first kappa shape index (κ1) is 19.8. The summed E-state index contributed by atoms with van der Waals surface area (Å²) in [5, 5.41) is 4.39. The van der Waals surface area contributed by atoms with E-state index in [0.717, 1.165) is 42.5 Å². The monoisotopic (exact) mass is 364 g/mol. The summed E-state index contributed by atoms with van der Waals surface area (Å²) < 4.78 is 5.71. The van der Waals surface area contributed by atoms with Crippen molar-refractivity contribution in [3.05, 3.63) is 35.1 Å². The first-order valence-corrected chi connectivity index (χ1v) is 8.95. The summed E-state index contributed by atoms with van der Waals surface area (Å²) in [4.78, 5) is 14.6. The number of hydrogen-bond donors (Lipinski definition) is 1. The van der Waals surface area contributed by atoms with Crippen LogP contribution in [0.5, 0.6) is 0 Å². The minimum absolute atomic E-state index is 0. The van der Waals surface area contributed by atoms with Crippen LogP contribution in [0.4, 0.5) is 0 Å². The number of fused-ring (bicyclic) bond motifs is 1. The Morgan fingerprint density at radius 2 is 2.00 bits per heavy atom. The second kappa shape index (κ2) is 8.24. The Bertz CT molecular complexity index is 731. The topological polar surface area (TPSA) is 45.5 Å². The molecule has 0 bridgehead atoms. The molecule has 0 spiro atoms. The van der Waals surface area contributed by atoms with Crippen molar-refractivity contribution in [3.63, 3.8) is 0 Å². The molecule has 4 nitrogen and oxygen atoms in total. The largest absolute Gasteiger partial charge is 0.464 e. The van der Waals surface area contributed by atoms with Crippen molar-refractivity contribution in [2.75, 3.05) is 20.1 Å². The van der Waals surface area contributed by atoms with Crippen molar-refractivity contribution in [2.45, 2.75) is 52.0 Å². The highest BCUT2D eigenvalue weighted by Gasteiger charge is 2.23. The average molecular weight is 365 g/mol. The summed E-state index contributed by atoms with van der Waals surface area (Å²) in [6.07, 6.45) is 4.25. The number of likely N-dealkylation sites (tertiary alicyclic amines) is 1. The van der Waals surface area contributed by atoms with E-state index in [2.05, 4.69) is 38.2 Å². The molecule has 2 heterocycles. The summed E-state index contributed by atoms with van der Waals surface area (Å²) in [5.74, 6) is 0.673. The van der Waals surface area contributed by atoms with Crippen molar-refractivity contribution in [2.24, 2.45) is 0 Å². The van der Waals surface area contributed by atoms with Gasteiger partial charge in [-0.3, -0.25) is 4.79 Å². The zero-order valence-corrected chi connectivity index (χ0v) is 16.4. The van der Waals surface area contributed by atoms with Crippen LogP contribution in [-0.2, 0) is 11.2 Å². The quantitative estimate of drug-likeness (QED) is 0.890. The Morgan fingerprint density at radius 1 is 1.32 bits per heavy atom. The maximum Gasteiger partial charge on any atom is 0.227 e. The smallest absolute Gasteiger partial charge is 0.227 e. The van der Waals surface area contributed by atoms with Crippen LogP contribution in [0.3, 0.4) is 0 Å². The van der Waals surface area contributed by atoms with E-state index in [1.807, 2.05) is 11.9 Å². The van der Waals surface area contributed by atoms with Gasteiger partial charge in [-0.2, -0.15) is 0 Å². The predicted octanol–water partition coefficient (Wildman–Crippen LogP) is 4.04. The summed E-state index contributed by atoms with van der Waals surface area (Å²) >= 11 is 0. The lowest BCUT2D eigenvalue weighted by Gasteiger charge is -2.31. The van der Waals surface area contributed by atoms with Gasteiger partial charge in [-0.1, -0.05) is 13.8 Å². The number of piperidine rings is 1. The van der Waals surface area contributed by atoms with E-state index in [0.29, 0.717) is 18.4 Å². The molecule has 1 aliphatic rings. The summed E-state index contributed by atoms with van der Waals surface area (Å²) in [5.41, 5.74) is 4.47. The maximum absolute atomic E-state index is 12.7. The van der Waals surface area contributed by atoms with Crippen LogP contribution in [-0.4, -0.2) is 37.0 Å². The number of rotatable bonds is 4. The van der Waals surface area contributed by atoms with Gasteiger partial charge < -0.3 is 14.6 Å². The van der Waals surface area contributed by atoms with Crippen LogP contribution in [0.1, 0.15) is 49.3 Å². The lowest BCUT2D eigenvalue weighted by Crippen LogP contribution is -2.44. The second-order valence-corrected chi connectivity index (χ2v) is 7.24. The Balaban J connectivity index is 0.00000225. The van der Waals surface area contributed by atoms with E-state index in [1.165, 1.54) is 11.1 Å². The molecular formula is C20H29ClN2O2. The van der Waals surface area contributed by atoms with E-state index < -0.39 is 0 Å². The third kappa shape index (κ3) is 4.18. The lowest BCUT2D eigenvalue weighted by molar-refractivity contribution is -0.131. The fourth-order valence-corrected chi connectivity index (χ4v) is 3.70. The lowest BCUT2D eigenvalue weighted by atomic mass is 9.95. The first-order chi connectivity index (χ1) is 11.5. The third-order valence-corrected chi connectivity index (χ3v) is 5.26. The molecular weight excluding hydrogens is 336 g/mol. The van der Waals surface area contributed by atoms with Crippen molar-refractivity contribution in [3.8, 4) is 0 Å². The standard InChI is InChI=1S/C20H28N2O2.ClH/c1-13(2)17-11-18-15(12-24-19(18)9-14(17)3)10-20(23)22-7-5-16(21-4)6-8-22;/h9,11-13,16,21H,5-8,10H2,1-4H3;1H. The number of halogens is 1. The van der Waals surface area contributed by atoms with Crippen molar-refractivity contribution in [1.29, 1.82) is 0 Å². The highest BCUT2D eigenvalue weighted by atomic mass is 35.5. The van der Waals surface area contributed by atoms with Crippen molar-refractivity contribution < 1.29 is 9.21 Å². The fourth-order valence-electron chi connectivity index (χ4n) is 3.70. The normalized spacial score (nSPS) is 15.6. The van der Waals surface area contributed by atoms with Gasteiger partial charge in [0.15, 0.2) is 0 Å². The third-order valence-electron chi connectivity index (χ3n) is 5.26. The minimum atomic E-state index is 0. The van der Waals surface area contributed by atoms with E-state index in [4.69, 9.17) is 4.42 Å². The molecule has 1 aromatic heterocycles. The van der Waals surface area contributed by atoms with Crippen molar-refractivity contribution in [1.82, 2.24) is 10.2 Å². The molecule has 0 atom stereocenters. The molecule has 0 saturated carbocycles. The molecule has 0 aliphatic carbocycles. The van der Waals surface area contributed by atoms with Crippen LogP contribution in [0.2, 0.25) is 0 Å². The van der Waals surface area contributed by atoms with E-state index >= 15 is 0 Å². The molecule has 0 unspecified atom stereocenters. The number of aryl methyl sites for hydroxylation is 1. The Hall–Kier alpha value is -1.52. The van der Waals surface area contributed by atoms with Gasteiger partial charge in [0.25, 0.3) is 0 Å². The average Bonchev–Trinajstić information content (AvgIpc) is 2.95. The fraction of sp³-hybridized carbons (Fsp3) is 0.550. The molecule has 2 aromatic rings. The SMILES string of the molecule is CNC1CCN(C(=O)Cc2coc3cc(C)c(C(C)C)cc23)CC1.Cl. The maximum atomic E-state index is 12.7. The Labute approximate surface area is 156 Å². The van der Waals surface area contributed by atoms with Crippen LogP contribution in [0.15, 0.2) is 22.8 Å². The molecule has 138 valence electrons. The van der Waals surface area contributed by atoms with Gasteiger partial charge >= 0.3 is 0 Å². The summed E-state index contributed by atoms with van der Waals surface area (Å²) in [6.45, 7) is 8.21. The number of benzene rings is 1. The van der Waals surface area contributed by atoms with Gasteiger partial charge in [-0.05, 0) is 56.0 Å². The van der Waals surface area contributed by atoms with Gasteiger partial charge in [0.1, 0.15) is 5.58 Å². The van der Waals surface area contributed by atoms with Gasteiger partial charge in [-0.15, -0.1) is 12.4 Å². The van der Waals surface area contributed by atoms with Crippen LogP contribution < -0.4 is 5.32 Å². The molecule has 5 heteroatoms. The van der Waals surface area contributed by atoms with Crippen LogP contribution >= 0.6 is 12.4 Å². The number of carbonyl (C=O) groups is 1. The second-order valence-electron chi connectivity index (χ2n) is 7.24. The summed E-state index contributed by atoms with van der Waals surface area (Å²) in [6, 6.07) is 4.84. The number of carbonyl (C=O) groups excluding carboxylic acids is 1. The van der Waals surface area contributed by atoms with Gasteiger partial charge in [0.2, 0.25) is 5.91 Å². The van der Waals surface area contributed by atoms with Crippen molar-refractivity contribution >= 4 is 29.3 Å². The molecule has 1 aliphatic heterocycles. The molecule has 1 aromatic carbocycles. The molecule has 1 fully saturated rings. The van der Waals surface area contributed by atoms with E-state index in [9.17, 15) is 4.79 Å². The number of hydrogen-bond acceptors (Lipinski definition) is 3. The van der Waals surface area contributed by atoms with Gasteiger partial charge in [0.05, 0.1) is 12.7 Å². The zero-order valence-electron chi connectivity index (χ0n) is 15.6. The van der Waals surface area contributed by atoms with Crippen LogP contribution in [0, 0.1) is 6.92 Å². The molecule has 0 radical (unpaired) electrons. The Morgan fingerprint density at radius 3 is 2.60 bits per heavy atom.